The molecule has 120 valence electrons. The highest BCUT2D eigenvalue weighted by atomic mass is 32.2. The fourth-order valence-electron chi connectivity index (χ4n) is 2.45. The molecule has 0 atom stereocenters. The smallest absolute Gasteiger partial charge is 0.374 e. The van der Waals surface area contributed by atoms with Crippen molar-refractivity contribution in [2.45, 2.75) is 17.2 Å². The van der Waals surface area contributed by atoms with E-state index >= 15 is 0 Å². The van der Waals surface area contributed by atoms with Crippen molar-refractivity contribution in [3.63, 3.8) is 0 Å². The first kappa shape index (κ1) is 15.6. The van der Waals surface area contributed by atoms with Crippen molar-refractivity contribution in [1.29, 1.82) is 0 Å². The van der Waals surface area contributed by atoms with E-state index in [0.717, 1.165) is 21.5 Å². The first-order valence-electron chi connectivity index (χ1n) is 7.08. The number of para-hydroxylation sites is 1. The molecule has 2 heterocycles. The predicted octanol–water partition coefficient (Wildman–Crippen LogP) is 2.70. The second-order valence-electron chi connectivity index (χ2n) is 4.97. The zero-order chi connectivity index (χ0) is 16.4. The molecule has 0 aliphatic rings. The van der Waals surface area contributed by atoms with Gasteiger partial charge in [-0.1, -0.05) is 18.2 Å². The number of thioether (sulfide) groups is 1. The summed E-state index contributed by atoms with van der Waals surface area (Å²) >= 11 is 1.58. The maximum absolute atomic E-state index is 12.0. The number of aromatic nitrogens is 2. The standard InChI is InChI=1S/C16H17N3O3S/c1-19-12(7-17)14(8-18-19)23-9-11-10-5-3-4-6-13(10)22-15(11)16(20)21-2/h3-6,8H,7,9,17H2,1-2H3. The van der Waals surface area contributed by atoms with Crippen molar-refractivity contribution < 1.29 is 13.9 Å². The number of rotatable bonds is 5. The lowest BCUT2D eigenvalue weighted by Gasteiger charge is -2.04. The molecule has 0 amide bonds. The molecule has 0 unspecified atom stereocenters. The van der Waals surface area contributed by atoms with Crippen LogP contribution in [0.3, 0.4) is 0 Å². The molecule has 2 N–H and O–H groups in total. The van der Waals surface area contributed by atoms with Gasteiger partial charge in [-0.2, -0.15) is 5.10 Å². The maximum Gasteiger partial charge on any atom is 0.374 e. The number of ether oxygens (including phenoxy) is 1. The lowest BCUT2D eigenvalue weighted by molar-refractivity contribution is 0.0566. The second kappa shape index (κ2) is 6.47. The Hall–Kier alpha value is -2.25. The Labute approximate surface area is 137 Å². The Morgan fingerprint density at radius 2 is 2.22 bits per heavy atom. The van der Waals surface area contributed by atoms with E-state index in [4.69, 9.17) is 14.9 Å². The summed E-state index contributed by atoms with van der Waals surface area (Å²) in [6.45, 7) is 0.412. The molecule has 0 saturated heterocycles. The molecule has 0 saturated carbocycles. The van der Waals surface area contributed by atoms with Gasteiger partial charge in [0.25, 0.3) is 0 Å². The number of benzene rings is 1. The number of methoxy groups -OCH3 is 1. The Morgan fingerprint density at radius 3 is 2.96 bits per heavy atom. The van der Waals surface area contributed by atoms with E-state index in [1.54, 1.807) is 22.6 Å². The first-order valence-corrected chi connectivity index (χ1v) is 8.06. The second-order valence-corrected chi connectivity index (χ2v) is 5.99. The predicted molar refractivity (Wildman–Crippen MR) is 88.2 cm³/mol. The van der Waals surface area contributed by atoms with Gasteiger partial charge in [0, 0.05) is 30.3 Å². The first-order chi connectivity index (χ1) is 11.2. The van der Waals surface area contributed by atoms with Crippen LogP contribution in [0.5, 0.6) is 0 Å². The van der Waals surface area contributed by atoms with Crippen LogP contribution in [-0.4, -0.2) is 22.9 Å². The quantitative estimate of drug-likeness (QED) is 0.572. The van der Waals surface area contributed by atoms with Crippen LogP contribution in [0, 0.1) is 0 Å². The van der Waals surface area contributed by atoms with Crippen LogP contribution in [0.2, 0.25) is 0 Å². The van der Waals surface area contributed by atoms with E-state index in [1.165, 1.54) is 7.11 Å². The largest absolute Gasteiger partial charge is 0.463 e. The molecule has 7 heteroatoms. The monoisotopic (exact) mass is 331 g/mol. The van der Waals surface area contributed by atoms with Gasteiger partial charge in [0.1, 0.15) is 5.58 Å². The molecule has 3 rings (SSSR count). The van der Waals surface area contributed by atoms with Crippen LogP contribution < -0.4 is 5.73 Å². The highest BCUT2D eigenvalue weighted by molar-refractivity contribution is 7.98. The average Bonchev–Trinajstić information content (AvgIpc) is 3.12. The van der Waals surface area contributed by atoms with Crippen molar-refractivity contribution in [3.8, 4) is 0 Å². The molecule has 0 aliphatic carbocycles. The Balaban J connectivity index is 1.96. The minimum Gasteiger partial charge on any atom is -0.463 e. The summed E-state index contributed by atoms with van der Waals surface area (Å²) in [6, 6.07) is 7.57. The van der Waals surface area contributed by atoms with E-state index in [-0.39, 0.29) is 5.76 Å². The van der Waals surface area contributed by atoms with Crippen molar-refractivity contribution in [2.24, 2.45) is 12.8 Å². The normalized spacial score (nSPS) is 11.1. The number of esters is 1. The van der Waals surface area contributed by atoms with Gasteiger partial charge in [0.05, 0.1) is 23.9 Å². The summed E-state index contributed by atoms with van der Waals surface area (Å²) < 4.78 is 12.3. The van der Waals surface area contributed by atoms with E-state index in [9.17, 15) is 4.79 Å². The summed E-state index contributed by atoms with van der Waals surface area (Å²) in [5.74, 6) is 0.349. The maximum atomic E-state index is 12.0. The molecular weight excluding hydrogens is 314 g/mol. The van der Waals surface area contributed by atoms with Gasteiger partial charge in [-0.15, -0.1) is 11.8 Å². The number of nitrogens with zero attached hydrogens (tertiary/aromatic N) is 2. The molecule has 2 aromatic heterocycles. The van der Waals surface area contributed by atoms with E-state index < -0.39 is 5.97 Å². The molecular formula is C16H17N3O3S. The van der Waals surface area contributed by atoms with E-state index in [2.05, 4.69) is 5.10 Å². The molecule has 1 aromatic carbocycles. The SMILES string of the molecule is COC(=O)c1oc2ccccc2c1CSc1cnn(C)c1CN. The molecule has 0 fully saturated rings. The summed E-state index contributed by atoms with van der Waals surface area (Å²) in [5.41, 5.74) is 8.23. The molecule has 0 bridgehead atoms. The molecule has 0 spiro atoms. The van der Waals surface area contributed by atoms with Crippen LogP contribution in [0.1, 0.15) is 21.8 Å². The van der Waals surface area contributed by atoms with Crippen molar-refractivity contribution in [2.75, 3.05) is 7.11 Å². The Kier molecular flexibility index (Phi) is 4.40. The zero-order valence-corrected chi connectivity index (χ0v) is 13.7. The van der Waals surface area contributed by atoms with Gasteiger partial charge in [0.2, 0.25) is 5.76 Å². The topological polar surface area (TPSA) is 83.3 Å². The van der Waals surface area contributed by atoms with Gasteiger partial charge in [-0.25, -0.2) is 4.79 Å². The Bertz CT molecular complexity index is 853. The number of aryl methyl sites for hydroxylation is 1. The van der Waals surface area contributed by atoms with Gasteiger partial charge in [-0.3, -0.25) is 4.68 Å². The highest BCUT2D eigenvalue weighted by Crippen LogP contribution is 2.33. The van der Waals surface area contributed by atoms with Crippen LogP contribution >= 0.6 is 11.8 Å². The lowest BCUT2D eigenvalue weighted by Crippen LogP contribution is -2.05. The highest BCUT2D eigenvalue weighted by Gasteiger charge is 2.21. The van der Waals surface area contributed by atoms with Crippen LogP contribution in [0.25, 0.3) is 11.0 Å². The molecule has 23 heavy (non-hydrogen) atoms. The summed E-state index contributed by atoms with van der Waals surface area (Å²) in [6.07, 6.45) is 1.78. The number of fused-ring (bicyclic) bond motifs is 1. The van der Waals surface area contributed by atoms with Gasteiger partial charge in [0.15, 0.2) is 0 Å². The number of hydrogen-bond donors (Lipinski definition) is 1. The van der Waals surface area contributed by atoms with Crippen LogP contribution in [0.15, 0.2) is 39.8 Å². The van der Waals surface area contributed by atoms with Crippen LogP contribution in [-0.2, 0) is 24.1 Å². The van der Waals surface area contributed by atoms with Gasteiger partial charge in [-0.05, 0) is 6.07 Å². The minimum atomic E-state index is -0.470. The number of furan rings is 1. The molecule has 0 radical (unpaired) electrons. The van der Waals surface area contributed by atoms with Crippen molar-refractivity contribution in [3.05, 3.63) is 47.5 Å². The molecule has 0 aliphatic heterocycles. The summed E-state index contributed by atoms with van der Waals surface area (Å²) in [5, 5.41) is 5.14. The zero-order valence-electron chi connectivity index (χ0n) is 12.9. The van der Waals surface area contributed by atoms with Gasteiger partial charge >= 0.3 is 5.97 Å². The third kappa shape index (κ3) is 2.85. The number of carbonyl (C=O) groups excluding carboxylic acids is 1. The summed E-state index contributed by atoms with van der Waals surface area (Å²) in [4.78, 5) is 13.0. The van der Waals surface area contributed by atoms with Crippen molar-refractivity contribution in [1.82, 2.24) is 9.78 Å². The minimum absolute atomic E-state index is 0.249. The number of hydrogen-bond acceptors (Lipinski definition) is 6. The lowest BCUT2D eigenvalue weighted by atomic mass is 10.1. The fraction of sp³-hybridized carbons (Fsp3) is 0.250. The average molecular weight is 331 g/mol. The molecule has 6 nitrogen and oxygen atoms in total. The van der Waals surface area contributed by atoms with Crippen LogP contribution in [0.4, 0.5) is 0 Å². The Morgan fingerprint density at radius 1 is 1.43 bits per heavy atom. The summed E-state index contributed by atoms with van der Waals surface area (Å²) in [7, 11) is 3.21. The number of nitrogens with two attached hydrogens (primary N) is 1. The molecule has 3 aromatic rings. The van der Waals surface area contributed by atoms with E-state index in [0.29, 0.717) is 17.9 Å². The van der Waals surface area contributed by atoms with Gasteiger partial charge < -0.3 is 14.9 Å². The third-order valence-electron chi connectivity index (χ3n) is 3.66. The fourth-order valence-corrected chi connectivity index (χ4v) is 3.54. The van der Waals surface area contributed by atoms with Crippen molar-refractivity contribution >= 4 is 28.7 Å². The number of carbonyl (C=O) groups is 1. The third-order valence-corrected chi connectivity index (χ3v) is 4.74. The van der Waals surface area contributed by atoms with E-state index in [1.807, 2.05) is 31.3 Å².